The quantitative estimate of drug-likeness (QED) is 0.689. The molecule has 0 radical (unpaired) electrons. The Kier molecular flexibility index (Phi) is 6.69. The molecule has 1 aliphatic heterocycles. The van der Waals surface area contributed by atoms with Gasteiger partial charge in [0.15, 0.2) is 12.1 Å². The topological polar surface area (TPSA) is 107 Å². The van der Waals surface area contributed by atoms with E-state index in [0.29, 0.717) is 0 Å². The third kappa shape index (κ3) is 4.21. The van der Waals surface area contributed by atoms with Crippen molar-refractivity contribution in [3.05, 3.63) is 0 Å². The summed E-state index contributed by atoms with van der Waals surface area (Å²) < 4.78 is 0. The lowest BCUT2D eigenvalue weighted by Gasteiger charge is -2.48. The van der Waals surface area contributed by atoms with Crippen LogP contribution in [-0.4, -0.2) is 63.4 Å². The second-order valence-corrected chi connectivity index (χ2v) is 8.29. The average molecular weight is 393 g/mol. The van der Waals surface area contributed by atoms with Gasteiger partial charge in [-0.25, -0.2) is 4.79 Å². The molecule has 156 valence electrons. The van der Waals surface area contributed by atoms with Gasteiger partial charge in [0.2, 0.25) is 11.8 Å². The fraction of sp³-hybridized carbons (Fsp3) is 0.800. The second kappa shape index (κ2) is 9.03. The van der Waals surface area contributed by atoms with Crippen molar-refractivity contribution in [2.75, 3.05) is 6.54 Å². The van der Waals surface area contributed by atoms with Crippen LogP contribution in [0.15, 0.2) is 0 Å². The van der Waals surface area contributed by atoms with Gasteiger partial charge in [0.1, 0.15) is 5.78 Å². The molecule has 4 amide bonds. The van der Waals surface area contributed by atoms with Crippen molar-refractivity contribution in [1.82, 2.24) is 15.1 Å². The Bertz CT molecular complexity index is 625. The number of nitrogens with zero attached hydrogens (tertiary/aromatic N) is 2. The molecule has 0 aromatic rings. The minimum absolute atomic E-state index is 0.168. The van der Waals surface area contributed by atoms with Gasteiger partial charge in [-0.2, -0.15) is 0 Å². The molecule has 2 atom stereocenters. The van der Waals surface area contributed by atoms with Crippen LogP contribution in [0.25, 0.3) is 0 Å². The largest absolute Gasteiger partial charge is 0.372 e. The Labute approximate surface area is 165 Å². The molecule has 3 aliphatic rings. The van der Waals surface area contributed by atoms with Crippen molar-refractivity contribution in [1.29, 1.82) is 0 Å². The third-order valence-corrected chi connectivity index (χ3v) is 6.22. The van der Waals surface area contributed by atoms with Gasteiger partial charge < -0.3 is 10.4 Å². The van der Waals surface area contributed by atoms with E-state index in [-0.39, 0.29) is 24.4 Å². The lowest BCUT2D eigenvalue weighted by atomic mass is 9.89. The highest BCUT2D eigenvalue weighted by Gasteiger charge is 2.52. The highest BCUT2D eigenvalue weighted by atomic mass is 16.3. The van der Waals surface area contributed by atoms with Gasteiger partial charge in [0, 0.05) is 12.1 Å². The maximum Gasteiger partial charge on any atom is 0.329 e. The van der Waals surface area contributed by atoms with Crippen molar-refractivity contribution in [3.63, 3.8) is 0 Å². The molecule has 1 saturated heterocycles. The van der Waals surface area contributed by atoms with E-state index in [1.54, 1.807) is 0 Å². The SMILES string of the molecule is CC(=O)CNC(=O)C1C(=O)N(C2CCCCC2)C(=O)N(C2CCCCC2)C1O. The molecule has 8 heteroatoms. The minimum atomic E-state index is -1.49. The zero-order chi connectivity index (χ0) is 20.3. The molecule has 2 aliphatic carbocycles. The Hall–Kier alpha value is -1.96. The Balaban J connectivity index is 1.88. The zero-order valence-electron chi connectivity index (χ0n) is 16.6. The van der Waals surface area contributed by atoms with Gasteiger partial charge in [-0.1, -0.05) is 38.5 Å². The number of amides is 4. The Morgan fingerprint density at radius 3 is 2.04 bits per heavy atom. The van der Waals surface area contributed by atoms with Crippen molar-refractivity contribution >= 4 is 23.6 Å². The van der Waals surface area contributed by atoms with Gasteiger partial charge in [-0.15, -0.1) is 0 Å². The first kappa shape index (κ1) is 20.8. The number of Topliss-reactive ketones (excluding diaryl/α,β-unsaturated/α-hetero) is 1. The summed E-state index contributed by atoms with van der Waals surface area (Å²) in [6.07, 6.45) is 7.45. The van der Waals surface area contributed by atoms with E-state index in [2.05, 4.69) is 5.32 Å². The molecule has 28 heavy (non-hydrogen) atoms. The number of imide groups is 1. The number of aliphatic hydroxyl groups is 1. The van der Waals surface area contributed by atoms with Crippen molar-refractivity contribution in [3.8, 4) is 0 Å². The molecule has 3 fully saturated rings. The van der Waals surface area contributed by atoms with Crippen LogP contribution in [0.5, 0.6) is 0 Å². The van der Waals surface area contributed by atoms with Gasteiger partial charge in [-0.3, -0.25) is 24.2 Å². The molecule has 0 bridgehead atoms. The number of nitrogens with one attached hydrogen (secondary N) is 1. The van der Waals surface area contributed by atoms with Crippen LogP contribution in [0.1, 0.15) is 71.1 Å². The van der Waals surface area contributed by atoms with Gasteiger partial charge in [0.25, 0.3) is 0 Å². The number of ketones is 1. The first-order valence-electron chi connectivity index (χ1n) is 10.5. The molecule has 3 rings (SSSR count). The number of carbonyl (C=O) groups is 4. The van der Waals surface area contributed by atoms with E-state index >= 15 is 0 Å². The van der Waals surface area contributed by atoms with Crippen molar-refractivity contribution < 1.29 is 24.3 Å². The number of rotatable bonds is 5. The van der Waals surface area contributed by atoms with Crippen LogP contribution in [0.4, 0.5) is 4.79 Å². The molecule has 2 unspecified atom stereocenters. The maximum absolute atomic E-state index is 13.3. The first-order chi connectivity index (χ1) is 13.4. The van der Waals surface area contributed by atoms with Crippen LogP contribution in [-0.2, 0) is 14.4 Å². The van der Waals surface area contributed by atoms with Crippen molar-refractivity contribution in [2.45, 2.75) is 89.4 Å². The highest BCUT2D eigenvalue weighted by molar-refractivity contribution is 6.09. The van der Waals surface area contributed by atoms with E-state index < -0.39 is 30.0 Å². The fourth-order valence-corrected chi connectivity index (χ4v) is 4.75. The standard InChI is InChI=1S/C20H31N3O5/c1-13(24)12-21-17(25)16-18(26)22(14-8-4-2-5-9-14)20(28)23(19(16)27)15-10-6-3-7-11-15/h14-16,18,26H,2-12H2,1H3,(H,21,25). The summed E-state index contributed by atoms with van der Waals surface area (Å²) in [5.41, 5.74) is 0. The number of aliphatic hydroxyl groups excluding tert-OH is 1. The van der Waals surface area contributed by atoms with Crippen LogP contribution in [0.3, 0.4) is 0 Å². The maximum atomic E-state index is 13.3. The lowest BCUT2D eigenvalue weighted by molar-refractivity contribution is -0.162. The minimum Gasteiger partial charge on any atom is -0.372 e. The summed E-state index contributed by atoms with van der Waals surface area (Å²) in [6, 6.07) is -0.860. The van der Waals surface area contributed by atoms with E-state index in [9.17, 15) is 24.3 Å². The predicted molar refractivity (Wildman–Crippen MR) is 101 cm³/mol. The average Bonchev–Trinajstić information content (AvgIpc) is 2.68. The molecule has 0 aromatic carbocycles. The van der Waals surface area contributed by atoms with Crippen LogP contribution in [0.2, 0.25) is 0 Å². The summed E-state index contributed by atoms with van der Waals surface area (Å²) >= 11 is 0. The number of carbonyl (C=O) groups excluding carboxylic acids is 4. The summed E-state index contributed by atoms with van der Waals surface area (Å²) in [5.74, 6) is -2.96. The van der Waals surface area contributed by atoms with Crippen LogP contribution in [0, 0.1) is 5.92 Å². The molecule has 0 spiro atoms. The van der Waals surface area contributed by atoms with E-state index in [1.807, 2.05) is 0 Å². The van der Waals surface area contributed by atoms with Crippen molar-refractivity contribution in [2.24, 2.45) is 5.92 Å². The van der Waals surface area contributed by atoms with Crippen LogP contribution >= 0.6 is 0 Å². The number of hydrogen-bond acceptors (Lipinski definition) is 5. The zero-order valence-corrected chi connectivity index (χ0v) is 16.6. The molecule has 0 aromatic heterocycles. The fourth-order valence-electron chi connectivity index (χ4n) is 4.75. The third-order valence-electron chi connectivity index (χ3n) is 6.22. The molecular weight excluding hydrogens is 362 g/mol. The monoisotopic (exact) mass is 393 g/mol. The van der Waals surface area contributed by atoms with Crippen LogP contribution < -0.4 is 5.32 Å². The molecular formula is C20H31N3O5. The second-order valence-electron chi connectivity index (χ2n) is 8.29. The molecule has 8 nitrogen and oxygen atoms in total. The number of hydrogen-bond donors (Lipinski definition) is 2. The van der Waals surface area contributed by atoms with E-state index in [0.717, 1.165) is 64.2 Å². The summed E-state index contributed by atoms with van der Waals surface area (Å²) in [4.78, 5) is 52.9. The number of urea groups is 1. The summed E-state index contributed by atoms with van der Waals surface area (Å²) in [5, 5.41) is 13.3. The smallest absolute Gasteiger partial charge is 0.329 e. The van der Waals surface area contributed by atoms with E-state index in [4.69, 9.17) is 0 Å². The van der Waals surface area contributed by atoms with Gasteiger partial charge in [-0.05, 0) is 32.6 Å². The van der Waals surface area contributed by atoms with Gasteiger partial charge in [0.05, 0.1) is 6.54 Å². The summed E-state index contributed by atoms with van der Waals surface area (Å²) in [6.45, 7) is 1.14. The lowest BCUT2D eigenvalue weighted by Crippen LogP contribution is -2.69. The summed E-state index contributed by atoms with van der Waals surface area (Å²) in [7, 11) is 0. The Morgan fingerprint density at radius 2 is 1.50 bits per heavy atom. The van der Waals surface area contributed by atoms with E-state index in [1.165, 1.54) is 16.7 Å². The molecule has 2 saturated carbocycles. The first-order valence-corrected chi connectivity index (χ1v) is 10.5. The van der Waals surface area contributed by atoms with Gasteiger partial charge >= 0.3 is 6.03 Å². The normalized spacial score (nSPS) is 27.8. The molecule has 1 heterocycles. The highest BCUT2D eigenvalue weighted by Crippen LogP contribution is 2.34. The molecule has 2 N–H and O–H groups in total. The predicted octanol–water partition coefficient (Wildman–Crippen LogP) is 1.56. The Morgan fingerprint density at radius 1 is 0.964 bits per heavy atom.